The zero-order valence-corrected chi connectivity index (χ0v) is 16.2. The zero-order valence-electron chi connectivity index (χ0n) is 15.4. The van der Waals surface area contributed by atoms with Crippen LogP contribution in [0.25, 0.3) is 16.8 Å². The fraction of sp³-hybridized carbons (Fsp3) is 0.211. The topological polar surface area (TPSA) is 60.7 Å². The zero-order chi connectivity index (χ0) is 23.1. The van der Waals surface area contributed by atoms with E-state index in [0.29, 0.717) is 12.1 Å². The third-order valence-electron chi connectivity index (χ3n) is 4.15. The van der Waals surface area contributed by atoms with Crippen LogP contribution in [0.1, 0.15) is 23.7 Å². The van der Waals surface area contributed by atoms with E-state index >= 15 is 0 Å². The molecule has 3 rings (SSSR count). The Morgan fingerprint density at radius 3 is 2.16 bits per heavy atom. The monoisotopic (exact) mass is 464 g/mol. The Balaban J connectivity index is 2.39. The highest BCUT2D eigenvalue weighted by molar-refractivity contribution is 6.30. The van der Waals surface area contributed by atoms with E-state index in [2.05, 4.69) is 4.98 Å². The molecule has 0 aliphatic carbocycles. The Bertz CT molecular complexity index is 1200. The van der Waals surface area contributed by atoms with Crippen molar-refractivity contribution in [2.45, 2.75) is 25.9 Å². The van der Waals surface area contributed by atoms with Gasteiger partial charge in [-0.25, -0.2) is 4.98 Å². The summed E-state index contributed by atoms with van der Waals surface area (Å²) in [5.41, 5.74) is -5.77. The smallest absolute Gasteiger partial charge is 0.416 e. The highest BCUT2D eigenvalue weighted by Crippen LogP contribution is 2.38. The van der Waals surface area contributed by atoms with Gasteiger partial charge in [0.25, 0.3) is 5.56 Å². The number of aromatic nitrogens is 2. The molecule has 0 aliphatic heterocycles. The molecule has 0 aliphatic rings. The number of pyridine rings is 1. The van der Waals surface area contributed by atoms with Crippen LogP contribution in [0.4, 0.5) is 26.3 Å². The second kappa shape index (κ2) is 7.88. The molecule has 3 aromatic rings. The van der Waals surface area contributed by atoms with E-state index < -0.39 is 52.7 Å². The maximum atomic E-state index is 13.3. The summed E-state index contributed by atoms with van der Waals surface area (Å²) < 4.78 is 85.2. The molecule has 0 fully saturated rings. The Morgan fingerprint density at radius 2 is 1.65 bits per heavy atom. The number of esters is 1. The minimum absolute atomic E-state index is 0.00308. The SMILES string of the molecule is CC(=O)OCc1nc2ccc(Cl)cn2c(=O)c1-c1cc(C(F)(F)F)cc(C(F)(F)F)c1. The first-order valence-corrected chi connectivity index (χ1v) is 8.79. The molecule has 12 heteroatoms. The fourth-order valence-corrected chi connectivity index (χ4v) is 2.98. The van der Waals surface area contributed by atoms with Crippen molar-refractivity contribution < 1.29 is 35.9 Å². The molecule has 0 spiro atoms. The average molecular weight is 465 g/mol. The van der Waals surface area contributed by atoms with E-state index in [1.165, 1.54) is 12.1 Å². The second-order valence-electron chi connectivity index (χ2n) is 6.39. The van der Waals surface area contributed by atoms with E-state index in [1.807, 2.05) is 0 Å². The summed E-state index contributed by atoms with van der Waals surface area (Å²) in [5.74, 6) is -0.788. The van der Waals surface area contributed by atoms with Crippen LogP contribution in [0.3, 0.4) is 0 Å². The molecule has 2 heterocycles. The van der Waals surface area contributed by atoms with Crippen LogP contribution < -0.4 is 5.56 Å². The van der Waals surface area contributed by atoms with Crippen molar-refractivity contribution in [2.75, 3.05) is 0 Å². The minimum Gasteiger partial charge on any atom is -0.459 e. The number of halogens is 7. The summed E-state index contributed by atoms with van der Waals surface area (Å²) in [6.07, 6.45) is -9.12. The second-order valence-corrected chi connectivity index (χ2v) is 6.83. The predicted octanol–water partition coefficient (Wildman–Crippen LogP) is 5.12. The molecule has 0 unspecified atom stereocenters. The normalized spacial score (nSPS) is 12.3. The molecule has 0 amide bonds. The van der Waals surface area contributed by atoms with E-state index in [9.17, 15) is 35.9 Å². The lowest BCUT2D eigenvalue weighted by Crippen LogP contribution is -2.21. The number of alkyl halides is 6. The Morgan fingerprint density at radius 1 is 1.06 bits per heavy atom. The quantitative estimate of drug-likeness (QED) is 0.399. The lowest BCUT2D eigenvalue weighted by molar-refractivity contribution is -0.143. The number of carbonyl (C=O) groups excluding carboxylic acids is 1. The molecule has 0 bridgehead atoms. The van der Waals surface area contributed by atoms with Crippen molar-refractivity contribution in [1.29, 1.82) is 0 Å². The van der Waals surface area contributed by atoms with Crippen LogP contribution >= 0.6 is 11.6 Å². The van der Waals surface area contributed by atoms with Gasteiger partial charge < -0.3 is 4.74 Å². The number of ether oxygens (including phenoxy) is 1. The summed E-state index contributed by atoms with van der Waals surface area (Å²) in [7, 11) is 0. The summed E-state index contributed by atoms with van der Waals surface area (Å²) >= 11 is 5.85. The third kappa shape index (κ3) is 4.82. The number of nitrogens with zero attached hydrogens (tertiary/aromatic N) is 2. The molecule has 0 radical (unpaired) electrons. The first kappa shape index (κ1) is 22.6. The van der Waals surface area contributed by atoms with Gasteiger partial charge in [-0.15, -0.1) is 0 Å². The van der Waals surface area contributed by atoms with Crippen molar-refractivity contribution in [3.63, 3.8) is 0 Å². The largest absolute Gasteiger partial charge is 0.459 e. The molecule has 31 heavy (non-hydrogen) atoms. The van der Waals surface area contributed by atoms with Gasteiger partial charge >= 0.3 is 18.3 Å². The summed E-state index contributed by atoms with van der Waals surface area (Å²) in [6, 6.07) is 3.45. The lowest BCUT2D eigenvalue weighted by atomic mass is 9.98. The number of rotatable bonds is 3. The Hall–Kier alpha value is -3.08. The number of hydrogen-bond acceptors (Lipinski definition) is 4. The van der Waals surface area contributed by atoms with Crippen molar-refractivity contribution in [1.82, 2.24) is 9.38 Å². The van der Waals surface area contributed by atoms with Crippen LogP contribution in [-0.4, -0.2) is 15.4 Å². The highest BCUT2D eigenvalue weighted by Gasteiger charge is 2.37. The van der Waals surface area contributed by atoms with E-state index in [0.717, 1.165) is 17.5 Å². The van der Waals surface area contributed by atoms with Crippen LogP contribution in [0.5, 0.6) is 0 Å². The first-order chi connectivity index (χ1) is 14.3. The molecular weight excluding hydrogens is 454 g/mol. The number of carbonyl (C=O) groups is 1. The van der Waals surface area contributed by atoms with Gasteiger partial charge in [-0.1, -0.05) is 11.6 Å². The van der Waals surface area contributed by atoms with Crippen molar-refractivity contribution in [3.8, 4) is 11.1 Å². The molecule has 0 N–H and O–H groups in total. The molecule has 5 nitrogen and oxygen atoms in total. The van der Waals surface area contributed by atoms with Crippen LogP contribution in [-0.2, 0) is 28.5 Å². The molecule has 0 saturated heterocycles. The highest BCUT2D eigenvalue weighted by atomic mass is 35.5. The summed E-state index contributed by atoms with van der Waals surface area (Å²) in [6.45, 7) is 0.399. The van der Waals surface area contributed by atoms with Crippen molar-refractivity contribution in [3.05, 3.63) is 68.7 Å². The maximum absolute atomic E-state index is 13.3. The third-order valence-corrected chi connectivity index (χ3v) is 4.37. The van der Waals surface area contributed by atoms with Crippen LogP contribution in [0, 0.1) is 0 Å². The van der Waals surface area contributed by atoms with Gasteiger partial charge in [0.1, 0.15) is 12.3 Å². The predicted molar refractivity (Wildman–Crippen MR) is 97.4 cm³/mol. The molecule has 0 atom stereocenters. The molecule has 164 valence electrons. The molecular formula is C19H11ClF6N2O3. The van der Waals surface area contributed by atoms with Gasteiger partial charge in [0.15, 0.2) is 0 Å². The van der Waals surface area contributed by atoms with Gasteiger partial charge in [-0.2, -0.15) is 26.3 Å². The number of fused-ring (bicyclic) bond motifs is 1. The first-order valence-electron chi connectivity index (χ1n) is 8.41. The van der Waals surface area contributed by atoms with Crippen LogP contribution in [0.2, 0.25) is 5.02 Å². The molecule has 0 saturated carbocycles. The number of hydrogen-bond donors (Lipinski definition) is 0. The van der Waals surface area contributed by atoms with Crippen LogP contribution in [0.15, 0.2) is 41.3 Å². The molecule has 1 aromatic carbocycles. The van der Waals surface area contributed by atoms with E-state index in [4.69, 9.17) is 16.3 Å². The number of benzene rings is 1. The van der Waals surface area contributed by atoms with Gasteiger partial charge in [0.2, 0.25) is 0 Å². The van der Waals surface area contributed by atoms with E-state index in [-0.39, 0.29) is 22.4 Å². The fourth-order valence-electron chi connectivity index (χ4n) is 2.82. The van der Waals surface area contributed by atoms with Gasteiger partial charge in [0, 0.05) is 13.1 Å². The standard InChI is InChI=1S/C19H11ClF6N2O3/c1-9(29)31-8-14-16(17(30)28-7-13(20)2-3-15(28)27-14)10-4-11(18(21,22)23)6-12(5-10)19(24,25)26/h2-7H,8H2,1H3. The van der Waals surface area contributed by atoms with Crippen molar-refractivity contribution >= 4 is 23.2 Å². The maximum Gasteiger partial charge on any atom is 0.416 e. The Labute approximate surface area is 174 Å². The van der Waals surface area contributed by atoms with Gasteiger partial charge in [-0.05, 0) is 35.9 Å². The Kier molecular flexibility index (Phi) is 5.74. The summed E-state index contributed by atoms with van der Waals surface area (Å²) in [4.78, 5) is 28.3. The summed E-state index contributed by atoms with van der Waals surface area (Å²) in [5, 5.41) is 0.0788. The van der Waals surface area contributed by atoms with E-state index in [1.54, 1.807) is 0 Å². The van der Waals surface area contributed by atoms with Gasteiger partial charge in [0.05, 0.1) is 27.4 Å². The van der Waals surface area contributed by atoms with Crippen molar-refractivity contribution in [2.24, 2.45) is 0 Å². The lowest BCUT2D eigenvalue weighted by Gasteiger charge is -2.16. The molecule has 2 aromatic heterocycles. The minimum atomic E-state index is -5.12. The average Bonchev–Trinajstić information content (AvgIpc) is 2.65. The van der Waals surface area contributed by atoms with Gasteiger partial charge in [-0.3, -0.25) is 14.0 Å².